The second-order valence-corrected chi connectivity index (χ2v) is 5.07. The summed E-state index contributed by atoms with van der Waals surface area (Å²) in [6.45, 7) is 2.50. The van der Waals surface area contributed by atoms with Crippen molar-refractivity contribution in [1.82, 2.24) is 9.97 Å². The van der Waals surface area contributed by atoms with Crippen LogP contribution in [0.5, 0.6) is 5.75 Å². The molecule has 0 saturated carbocycles. The zero-order valence-corrected chi connectivity index (χ0v) is 13.3. The summed E-state index contributed by atoms with van der Waals surface area (Å²) in [6, 6.07) is 14.9. The Bertz CT molecular complexity index is 890. The molecule has 0 aliphatic carbocycles. The first-order valence-electron chi connectivity index (χ1n) is 7.68. The molecule has 0 fully saturated rings. The van der Waals surface area contributed by atoms with Crippen molar-refractivity contribution in [1.29, 1.82) is 0 Å². The Morgan fingerprint density at radius 1 is 1.17 bits per heavy atom. The van der Waals surface area contributed by atoms with Gasteiger partial charge in [0.15, 0.2) is 0 Å². The molecular formula is C19H17N3O2. The Labute approximate surface area is 140 Å². The van der Waals surface area contributed by atoms with Gasteiger partial charge in [0.2, 0.25) is 5.91 Å². The van der Waals surface area contributed by atoms with Crippen molar-refractivity contribution >= 4 is 28.7 Å². The van der Waals surface area contributed by atoms with Gasteiger partial charge in [0.1, 0.15) is 5.75 Å². The second-order valence-electron chi connectivity index (χ2n) is 5.07. The van der Waals surface area contributed by atoms with Crippen LogP contribution in [-0.2, 0) is 4.79 Å². The van der Waals surface area contributed by atoms with Gasteiger partial charge in [-0.25, -0.2) is 4.98 Å². The predicted octanol–water partition coefficient (Wildman–Crippen LogP) is 3.68. The number of aromatic nitrogens is 2. The fraction of sp³-hybridized carbons (Fsp3) is 0.105. The van der Waals surface area contributed by atoms with Crippen molar-refractivity contribution in [3.63, 3.8) is 0 Å². The molecular weight excluding hydrogens is 302 g/mol. The number of hydrogen-bond acceptors (Lipinski definition) is 4. The molecule has 0 radical (unpaired) electrons. The molecule has 24 heavy (non-hydrogen) atoms. The molecule has 1 amide bonds. The number of anilines is 1. The monoisotopic (exact) mass is 319 g/mol. The van der Waals surface area contributed by atoms with Crippen molar-refractivity contribution in [3.8, 4) is 5.75 Å². The molecule has 2 aromatic carbocycles. The standard InChI is InChI=1S/C19H17N3O2/c1-2-24-16-7-5-6-14(12-16)22-19(23)11-10-15-13-20-17-8-3-4-9-18(17)21-15/h3-13H,2H2,1H3,(H,22,23). The van der Waals surface area contributed by atoms with Gasteiger partial charge in [-0.05, 0) is 37.3 Å². The SMILES string of the molecule is CCOc1cccc(NC(=O)C=Cc2cnc3ccccc3n2)c1. The predicted molar refractivity (Wildman–Crippen MR) is 94.8 cm³/mol. The van der Waals surface area contributed by atoms with E-state index in [1.54, 1.807) is 18.3 Å². The third-order valence-corrected chi connectivity index (χ3v) is 3.29. The molecule has 1 N–H and O–H groups in total. The van der Waals surface area contributed by atoms with Gasteiger partial charge >= 0.3 is 0 Å². The minimum absolute atomic E-state index is 0.237. The van der Waals surface area contributed by atoms with Crippen molar-refractivity contribution in [2.75, 3.05) is 11.9 Å². The molecule has 0 atom stereocenters. The highest BCUT2D eigenvalue weighted by Crippen LogP contribution is 2.17. The van der Waals surface area contributed by atoms with Crippen LogP contribution in [0, 0.1) is 0 Å². The molecule has 1 heterocycles. The van der Waals surface area contributed by atoms with E-state index in [-0.39, 0.29) is 5.91 Å². The number of amides is 1. The molecule has 3 rings (SSSR count). The van der Waals surface area contributed by atoms with Crippen LogP contribution in [-0.4, -0.2) is 22.5 Å². The zero-order valence-electron chi connectivity index (χ0n) is 13.3. The van der Waals surface area contributed by atoms with Gasteiger partial charge < -0.3 is 10.1 Å². The molecule has 0 bridgehead atoms. The number of rotatable bonds is 5. The fourth-order valence-corrected chi connectivity index (χ4v) is 2.23. The van der Waals surface area contributed by atoms with Gasteiger partial charge in [0.25, 0.3) is 0 Å². The third-order valence-electron chi connectivity index (χ3n) is 3.29. The molecule has 3 aromatic rings. The maximum absolute atomic E-state index is 12.0. The minimum Gasteiger partial charge on any atom is -0.494 e. The largest absolute Gasteiger partial charge is 0.494 e. The molecule has 0 aliphatic heterocycles. The average Bonchev–Trinajstić information content (AvgIpc) is 2.60. The number of carbonyl (C=O) groups is 1. The number of fused-ring (bicyclic) bond motifs is 1. The number of hydrogen-bond donors (Lipinski definition) is 1. The second kappa shape index (κ2) is 7.37. The Hall–Kier alpha value is -3.21. The van der Waals surface area contributed by atoms with Crippen LogP contribution in [0.25, 0.3) is 17.1 Å². The van der Waals surface area contributed by atoms with E-state index < -0.39 is 0 Å². The molecule has 0 aliphatic rings. The number of para-hydroxylation sites is 2. The van der Waals surface area contributed by atoms with Gasteiger partial charge in [-0.15, -0.1) is 0 Å². The molecule has 5 heteroatoms. The Morgan fingerprint density at radius 2 is 2.00 bits per heavy atom. The summed E-state index contributed by atoms with van der Waals surface area (Å²) < 4.78 is 5.41. The van der Waals surface area contributed by atoms with Crippen LogP contribution in [0.15, 0.2) is 60.8 Å². The molecule has 1 aromatic heterocycles. The number of carbonyl (C=O) groups excluding carboxylic acids is 1. The summed E-state index contributed by atoms with van der Waals surface area (Å²) in [4.78, 5) is 20.8. The Morgan fingerprint density at radius 3 is 2.83 bits per heavy atom. The lowest BCUT2D eigenvalue weighted by atomic mass is 10.2. The zero-order chi connectivity index (χ0) is 16.8. The van der Waals surface area contributed by atoms with E-state index in [0.717, 1.165) is 16.8 Å². The quantitative estimate of drug-likeness (QED) is 0.729. The van der Waals surface area contributed by atoms with Crippen LogP contribution in [0.1, 0.15) is 12.6 Å². The summed E-state index contributed by atoms with van der Waals surface area (Å²) in [6.07, 6.45) is 4.72. The minimum atomic E-state index is -0.237. The number of nitrogens with zero attached hydrogens (tertiary/aromatic N) is 2. The van der Waals surface area contributed by atoms with Crippen molar-refractivity contribution < 1.29 is 9.53 Å². The van der Waals surface area contributed by atoms with Crippen LogP contribution in [0.2, 0.25) is 0 Å². The number of benzene rings is 2. The van der Waals surface area contributed by atoms with E-state index in [2.05, 4.69) is 15.3 Å². The van der Waals surface area contributed by atoms with E-state index in [9.17, 15) is 4.79 Å². The first-order chi connectivity index (χ1) is 11.7. The Kier molecular flexibility index (Phi) is 4.81. The molecule has 5 nitrogen and oxygen atoms in total. The van der Waals surface area contributed by atoms with Crippen molar-refractivity contribution in [2.24, 2.45) is 0 Å². The highest BCUT2D eigenvalue weighted by atomic mass is 16.5. The van der Waals surface area contributed by atoms with Crippen molar-refractivity contribution in [3.05, 3.63) is 66.5 Å². The smallest absolute Gasteiger partial charge is 0.248 e. The van der Waals surface area contributed by atoms with E-state index in [0.29, 0.717) is 18.0 Å². The van der Waals surface area contributed by atoms with Crippen LogP contribution in [0.3, 0.4) is 0 Å². The summed E-state index contributed by atoms with van der Waals surface area (Å²) in [7, 11) is 0. The van der Waals surface area contributed by atoms with Crippen LogP contribution >= 0.6 is 0 Å². The van der Waals surface area contributed by atoms with Crippen LogP contribution in [0.4, 0.5) is 5.69 Å². The van der Waals surface area contributed by atoms with Crippen molar-refractivity contribution in [2.45, 2.75) is 6.92 Å². The van der Waals surface area contributed by atoms with Gasteiger partial charge in [-0.3, -0.25) is 9.78 Å². The maximum Gasteiger partial charge on any atom is 0.248 e. The van der Waals surface area contributed by atoms with Crippen LogP contribution < -0.4 is 10.1 Å². The van der Waals surface area contributed by atoms with Gasteiger partial charge in [0, 0.05) is 17.8 Å². The molecule has 0 saturated heterocycles. The van der Waals surface area contributed by atoms with E-state index in [1.165, 1.54) is 6.08 Å². The highest BCUT2D eigenvalue weighted by molar-refractivity contribution is 6.01. The lowest BCUT2D eigenvalue weighted by Crippen LogP contribution is -2.07. The summed E-state index contributed by atoms with van der Waals surface area (Å²) in [5, 5.41) is 2.79. The Balaban J connectivity index is 1.69. The normalized spacial score (nSPS) is 10.9. The summed E-state index contributed by atoms with van der Waals surface area (Å²) in [5.41, 5.74) is 2.93. The number of ether oxygens (including phenoxy) is 1. The van der Waals surface area contributed by atoms with E-state index in [1.807, 2.05) is 49.4 Å². The summed E-state index contributed by atoms with van der Waals surface area (Å²) >= 11 is 0. The van der Waals surface area contributed by atoms with E-state index in [4.69, 9.17) is 4.74 Å². The molecule has 0 spiro atoms. The summed E-state index contributed by atoms with van der Waals surface area (Å²) in [5.74, 6) is 0.485. The fourth-order valence-electron chi connectivity index (χ4n) is 2.23. The van der Waals surface area contributed by atoms with Gasteiger partial charge in [0.05, 0.1) is 29.5 Å². The van der Waals surface area contributed by atoms with Gasteiger partial charge in [-0.2, -0.15) is 0 Å². The van der Waals surface area contributed by atoms with Gasteiger partial charge in [-0.1, -0.05) is 18.2 Å². The lowest BCUT2D eigenvalue weighted by Gasteiger charge is -2.06. The maximum atomic E-state index is 12.0. The van der Waals surface area contributed by atoms with E-state index >= 15 is 0 Å². The third kappa shape index (κ3) is 3.95. The first-order valence-corrected chi connectivity index (χ1v) is 7.68. The molecule has 120 valence electrons. The lowest BCUT2D eigenvalue weighted by molar-refractivity contribution is -0.111. The number of nitrogens with one attached hydrogen (secondary N) is 1. The highest BCUT2D eigenvalue weighted by Gasteiger charge is 2.01. The first kappa shape index (κ1) is 15.7. The molecule has 0 unspecified atom stereocenters. The topological polar surface area (TPSA) is 64.1 Å². The average molecular weight is 319 g/mol.